The fourth-order valence-corrected chi connectivity index (χ4v) is 6.70. The maximum atomic E-state index is 13.3. The zero-order chi connectivity index (χ0) is 37.0. The molecule has 2 atom stereocenters. The molecule has 1 saturated heterocycles. The van der Waals surface area contributed by atoms with Crippen LogP contribution in [0.15, 0.2) is 80.5 Å². The number of nitrogens with two attached hydrogens (primary N) is 1. The molecular formula is C31H31N7O11S2. The van der Waals surface area contributed by atoms with Crippen molar-refractivity contribution in [1.82, 2.24) is 20.5 Å². The molecule has 1 unspecified atom stereocenters. The fraction of sp³-hybridized carbons (Fsp3) is 0.290. The number of allylic oxidation sites excluding steroid dienone is 2. The lowest BCUT2D eigenvalue weighted by molar-refractivity contribution is -0.161. The van der Waals surface area contributed by atoms with Crippen LogP contribution in [-0.4, -0.2) is 101 Å². The molecule has 51 heavy (non-hydrogen) atoms. The first-order valence-corrected chi connectivity index (χ1v) is 16.9. The number of thioether (sulfide) groups is 1. The number of fused-ring (bicyclic) bond motifs is 1. The number of aliphatic hydroxyl groups excluding tert-OH is 2. The minimum absolute atomic E-state index is 0.00374. The smallest absolute Gasteiger partial charge is 0.352 e. The normalized spacial score (nSPS) is 19.9. The number of nitrogen functional groups attached to an aromatic ring is 1. The summed E-state index contributed by atoms with van der Waals surface area (Å²) in [5, 5.41) is 53.1. The van der Waals surface area contributed by atoms with Gasteiger partial charge in [-0.1, -0.05) is 40.6 Å². The standard InChI is InChI=1S/C31H31N7O11S2/c1-31(2,29(46)47)49-37-20(18-13-51-30(32)34-18)25(42)35-21-26(43)38-22(28(44)45)16(12-50-27(21)38)10-33-24(41)15-8-17(23(40)19(39)9-15)36-48-11-14-6-4-3-5-7-14/h3-7,9,13,21,27,39-40H,8,10-12H2,1-2H3,(H2,32,34)(H,33,41)(H,35,42)(H,44,45)(H,46,47)/b36-17?,37-20-/t21?,27-/m0/s1. The zero-order valence-corrected chi connectivity index (χ0v) is 28.5. The van der Waals surface area contributed by atoms with E-state index in [9.17, 15) is 44.4 Å². The number of carbonyl (C=O) groups excluding carboxylic acids is 3. The molecule has 1 aromatic carbocycles. The number of carboxylic acids is 2. The monoisotopic (exact) mass is 741 g/mol. The number of aromatic nitrogens is 1. The van der Waals surface area contributed by atoms with Gasteiger partial charge in [0.1, 0.15) is 35.1 Å². The number of nitrogens with one attached hydrogen (secondary N) is 2. The van der Waals surface area contributed by atoms with Crippen LogP contribution in [0.4, 0.5) is 5.13 Å². The number of carbonyl (C=O) groups is 5. The average Bonchev–Trinajstić information content (AvgIpc) is 3.53. The summed E-state index contributed by atoms with van der Waals surface area (Å²) >= 11 is 2.11. The quantitative estimate of drug-likeness (QED) is 0.0869. The SMILES string of the molecule is CC(C)(O/N=C(\C(=O)NC1C(=O)N2C(C(=O)O)=C(CNC(=O)C3=CC(O)=C(O)C(=NOCc4ccccc4)C3)CS[C@@H]12)c1csc(N)n1)C(=O)O. The van der Waals surface area contributed by atoms with Crippen LogP contribution < -0.4 is 16.4 Å². The summed E-state index contributed by atoms with van der Waals surface area (Å²) in [4.78, 5) is 78.8. The highest BCUT2D eigenvalue weighted by Gasteiger charge is 2.54. The summed E-state index contributed by atoms with van der Waals surface area (Å²) in [7, 11) is 0. The molecule has 1 aliphatic carbocycles. The molecule has 3 heterocycles. The van der Waals surface area contributed by atoms with E-state index in [1.165, 1.54) is 19.2 Å². The third kappa shape index (κ3) is 7.96. The Morgan fingerprint density at radius 2 is 1.88 bits per heavy atom. The highest BCUT2D eigenvalue weighted by Crippen LogP contribution is 2.40. The van der Waals surface area contributed by atoms with E-state index < -0.39 is 63.9 Å². The molecular weight excluding hydrogens is 711 g/mol. The number of carboxylic acid groups (broad SMARTS) is 2. The number of rotatable bonds is 13. The Morgan fingerprint density at radius 1 is 1.16 bits per heavy atom. The number of β-lactam (4-membered cyclic amide) rings is 1. The van der Waals surface area contributed by atoms with Gasteiger partial charge in [-0.25, -0.2) is 14.6 Å². The van der Waals surface area contributed by atoms with E-state index in [2.05, 4.69) is 25.9 Å². The van der Waals surface area contributed by atoms with Gasteiger partial charge in [-0.05, 0) is 31.1 Å². The number of anilines is 1. The summed E-state index contributed by atoms with van der Waals surface area (Å²) in [6, 6.07) is 7.86. The second-order valence-corrected chi connectivity index (χ2v) is 13.6. The fourth-order valence-electron chi connectivity index (χ4n) is 4.81. The molecule has 0 saturated carbocycles. The van der Waals surface area contributed by atoms with Gasteiger partial charge in [0.25, 0.3) is 11.8 Å². The van der Waals surface area contributed by atoms with Crippen LogP contribution in [0.2, 0.25) is 0 Å². The first-order valence-electron chi connectivity index (χ1n) is 14.9. The molecule has 0 bridgehead atoms. The zero-order valence-electron chi connectivity index (χ0n) is 26.9. The molecule has 3 aliphatic rings. The van der Waals surface area contributed by atoms with Gasteiger partial charge in [0, 0.05) is 29.7 Å². The number of amides is 3. The van der Waals surface area contributed by atoms with Crippen molar-refractivity contribution in [3.05, 3.63) is 81.4 Å². The van der Waals surface area contributed by atoms with Gasteiger partial charge in [-0.15, -0.1) is 23.1 Å². The molecule has 268 valence electrons. The highest BCUT2D eigenvalue weighted by atomic mass is 32.2. The molecule has 2 aromatic rings. The number of benzene rings is 1. The van der Waals surface area contributed by atoms with Gasteiger partial charge < -0.3 is 46.5 Å². The number of oxime groups is 2. The van der Waals surface area contributed by atoms with Crippen LogP contribution >= 0.6 is 23.1 Å². The maximum Gasteiger partial charge on any atom is 0.352 e. The third-order valence-corrected chi connectivity index (χ3v) is 9.60. The Labute approximate surface area is 297 Å². The Hall–Kier alpha value is -5.89. The summed E-state index contributed by atoms with van der Waals surface area (Å²) in [5.74, 6) is -6.34. The number of aliphatic hydroxyl groups is 2. The van der Waals surface area contributed by atoms with E-state index in [0.717, 1.165) is 39.6 Å². The van der Waals surface area contributed by atoms with E-state index >= 15 is 0 Å². The molecule has 18 nitrogen and oxygen atoms in total. The van der Waals surface area contributed by atoms with Gasteiger partial charge in [0.2, 0.25) is 11.5 Å². The Balaban J connectivity index is 1.25. The Bertz CT molecular complexity index is 1940. The number of thiazole rings is 1. The predicted molar refractivity (Wildman–Crippen MR) is 182 cm³/mol. The number of hydrogen-bond acceptors (Lipinski definition) is 15. The van der Waals surface area contributed by atoms with E-state index in [-0.39, 0.29) is 58.7 Å². The highest BCUT2D eigenvalue weighted by molar-refractivity contribution is 8.00. The minimum atomic E-state index is -1.82. The van der Waals surface area contributed by atoms with Crippen molar-refractivity contribution >= 4 is 69.3 Å². The Morgan fingerprint density at radius 3 is 2.53 bits per heavy atom. The number of hydrogen-bond donors (Lipinski definition) is 7. The largest absolute Gasteiger partial charge is 0.504 e. The third-order valence-electron chi connectivity index (χ3n) is 7.58. The van der Waals surface area contributed by atoms with Crippen molar-refractivity contribution in [3.8, 4) is 0 Å². The average molecular weight is 742 g/mol. The van der Waals surface area contributed by atoms with Crippen molar-refractivity contribution in [2.75, 3.05) is 18.0 Å². The van der Waals surface area contributed by atoms with E-state index in [1.54, 1.807) is 12.1 Å². The summed E-state index contributed by atoms with van der Waals surface area (Å²) in [5.41, 5.74) is 3.90. The topological polar surface area (TPSA) is 276 Å². The van der Waals surface area contributed by atoms with Crippen LogP contribution in [0.5, 0.6) is 0 Å². The summed E-state index contributed by atoms with van der Waals surface area (Å²) in [6.07, 6.45) is 0.846. The van der Waals surface area contributed by atoms with Gasteiger partial charge in [0.15, 0.2) is 22.4 Å². The lowest BCUT2D eigenvalue weighted by Gasteiger charge is -2.49. The molecule has 0 spiro atoms. The first kappa shape index (κ1) is 36.4. The molecule has 1 aromatic heterocycles. The van der Waals surface area contributed by atoms with Crippen molar-refractivity contribution < 1.29 is 54.1 Å². The summed E-state index contributed by atoms with van der Waals surface area (Å²) < 4.78 is 0. The van der Waals surface area contributed by atoms with E-state index in [0.29, 0.717) is 0 Å². The molecule has 2 aliphatic heterocycles. The molecule has 20 heteroatoms. The number of aliphatic carboxylic acids is 2. The lowest BCUT2D eigenvalue weighted by atomic mass is 9.99. The van der Waals surface area contributed by atoms with Crippen LogP contribution in [0.3, 0.4) is 0 Å². The molecule has 5 rings (SSSR count). The Kier molecular flexibility index (Phi) is 10.7. The molecule has 1 fully saturated rings. The van der Waals surface area contributed by atoms with Crippen LogP contribution in [-0.2, 0) is 40.3 Å². The summed E-state index contributed by atoms with van der Waals surface area (Å²) in [6.45, 7) is 2.21. The van der Waals surface area contributed by atoms with Crippen LogP contribution in [0.25, 0.3) is 0 Å². The first-order chi connectivity index (χ1) is 24.2. The maximum absolute atomic E-state index is 13.3. The van der Waals surface area contributed by atoms with Crippen molar-refractivity contribution in [2.45, 2.75) is 43.9 Å². The number of nitrogens with zero attached hydrogens (tertiary/aromatic N) is 4. The second-order valence-electron chi connectivity index (χ2n) is 11.6. The molecule has 8 N–H and O–H groups in total. The van der Waals surface area contributed by atoms with Gasteiger partial charge in [0.05, 0.1) is 0 Å². The van der Waals surface area contributed by atoms with Crippen LogP contribution in [0.1, 0.15) is 31.5 Å². The van der Waals surface area contributed by atoms with E-state index in [4.69, 9.17) is 15.4 Å². The minimum Gasteiger partial charge on any atom is -0.504 e. The second kappa shape index (κ2) is 14.9. The predicted octanol–water partition coefficient (Wildman–Crippen LogP) is 1.39. The van der Waals surface area contributed by atoms with Crippen LogP contribution in [0, 0.1) is 0 Å². The van der Waals surface area contributed by atoms with E-state index in [1.807, 2.05) is 18.2 Å². The van der Waals surface area contributed by atoms with Gasteiger partial charge >= 0.3 is 11.9 Å². The van der Waals surface area contributed by atoms with Crippen molar-refractivity contribution in [2.24, 2.45) is 10.3 Å². The van der Waals surface area contributed by atoms with Crippen molar-refractivity contribution in [3.63, 3.8) is 0 Å². The lowest BCUT2D eigenvalue weighted by Crippen LogP contribution is -2.71. The van der Waals surface area contributed by atoms with Crippen molar-refractivity contribution in [1.29, 1.82) is 0 Å². The van der Waals surface area contributed by atoms with Gasteiger partial charge in [-0.3, -0.25) is 19.3 Å². The van der Waals surface area contributed by atoms with Gasteiger partial charge in [-0.2, -0.15) is 0 Å². The molecule has 0 radical (unpaired) electrons. The molecule has 3 amide bonds.